The van der Waals surface area contributed by atoms with Crippen LogP contribution in [0.1, 0.15) is 34.1 Å². The normalized spacial score (nSPS) is 17.1. The average Bonchev–Trinajstić information content (AvgIpc) is 1.98. The Balaban J connectivity index is 4.11. The SMILES string of the molecule is CCC(C)(O)CNCC(C)(C)NS(C)(=O)=O. The first-order valence-electron chi connectivity index (χ1n) is 5.39. The predicted octanol–water partition coefficient (Wildman–Crippen LogP) is 0.0648. The largest absolute Gasteiger partial charge is 0.389 e. The number of hydrogen-bond donors (Lipinski definition) is 3. The molecule has 6 heteroatoms. The van der Waals surface area contributed by atoms with Gasteiger partial charge in [0.1, 0.15) is 0 Å². The van der Waals surface area contributed by atoms with Crippen LogP contribution >= 0.6 is 0 Å². The van der Waals surface area contributed by atoms with Crippen LogP contribution in [0.2, 0.25) is 0 Å². The minimum absolute atomic E-state index is 0.443. The summed E-state index contributed by atoms with van der Waals surface area (Å²) in [6, 6.07) is 0. The third-order valence-corrected chi connectivity index (χ3v) is 3.22. The van der Waals surface area contributed by atoms with Gasteiger partial charge < -0.3 is 10.4 Å². The fourth-order valence-corrected chi connectivity index (χ4v) is 2.38. The molecule has 0 amide bonds. The van der Waals surface area contributed by atoms with Gasteiger partial charge in [-0.25, -0.2) is 13.1 Å². The molecule has 0 spiro atoms. The van der Waals surface area contributed by atoms with Crippen LogP contribution < -0.4 is 10.0 Å². The minimum atomic E-state index is -3.21. The highest BCUT2D eigenvalue weighted by atomic mass is 32.2. The van der Waals surface area contributed by atoms with Crippen molar-refractivity contribution in [2.45, 2.75) is 45.3 Å². The molecule has 0 aromatic heterocycles. The summed E-state index contributed by atoms with van der Waals surface area (Å²) >= 11 is 0. The molecule has 0 heterocycles. The lowest BCUT2D eigenvalue weighted by Crippen LogP contribution is -2.52. The number of aliphatic hydroxyl groups is 1. The van der Waals surface area contributed by atoms with Crippen molar-refractivity contribution in [1.29, 1.82) is 0 Å². The monoisotopic (exact) mass is 252 g/mol. The van der Waals surface area contributed by atoms with E-state index < -0.39 is 21.2 Å². The molecule has 3 N–H and O–H groups in total. The van der Waals surface area contributed by atoms with Gasteiger partial charge in [0.05, 0.1) is 11.9 Å². The maximum atomic E-state index is 11.1. The molecule has 0 radical (unpaired) electrons. The summed E-state index contributed by atoms with van der Waals surface area (Å²) < 4.78 is 24.7. The highest BCUT2D eigenvalue weighted by Crippen LogP contribution is 2.07. The zero-order valence-electron chi connectivity index (χ0n) is 10.8. The maximum absolute atomic E-state index is 11.1. The number of rotatable bonds is 7. The van der Waals surface area contributed by atoms with E-state index in [1.54, 1.807) is 20.8 Å². The molecule has 98 valence electrons. The molecule has 1 unspecified atom stereocenters. The van der Waals surface area contributed by atoms with E-state index >= 15 is 0 Å². The van der Waals surface area contributed by atoms with E-state index in [9.17, 15) is 13.5 Å². The number of hydrogen-bond acceptors (Lipinski definition) is 4. The van der Waals surface area contributed by atoms with Crippen LogP contribution in [0.3, 0.4) is 0 Å². The molecule has 0 saturated heterocycles. The summed E-state index contributed by atoms with van der Waals surface area (Å²) in [7, 11) is -3.21. The van der Waals surface area contributed by atoms with Gasteiger partial charge in [-0.3, -0.25) is 0 Å². The van der Waals surface area contributed by atoms with Crippen LogP contribution in [0.4, 0.5) is 0 Å². The topological polar surface area (TPSA) is 78.4 Å². The van der Waals surface area contributed by atoms with E-state index in [1.807, 2.05) is 6.92 Å². The second-order valence-electron chi connectivity index (χ2n) is 5.21. The lowest BCUT2D eigenvalue weighted by atomic mass is 10.0. The molecule has 0 aliphatic heterocycles. The summed E-state index contributed by atoms with van der Waals surface area (Å²) in [5.41, 5.74) is -1.31. The highest BCUT2D eigenvalue weighted by molar-refractivity contribution is 7.88. The standard InChI is InChI=1S/C10H24N2O3S/c1-6-10(4,13)8-11-7-9(2,3)12-16(5,14)15/h11-13H,6-8H2,1-5H3. The lowest BCUT2D eigenvalue weighted by molar-refractivity contribution is 0.0547. The summed E-state index contributed by atoms with van der Waals surface area (Å²) in [5.74, 6) is 0. The van der Waals surface area contributed by atoms with Gasteiger partial charge in [-0.2, -0.15) is 0 Å². The highest BCUT2D eigenvalue weighted by Gasteiger charge is 2.23. The van der Waals surface area contributed by atoms with Gasteiger partial charge in [0.25, 0.3) is 0 Å². The molecule has 0 aromatic rings. The van der Waals surface area contributed by atoms with Crippen molar-refractivity contribution in [2.75, 3.05) is 19.3 Å². The van der Waals surface area contributed by atoms with Crippen molar-refractivity contribution in [3.05, 3.63) is 0 Å². The Morgan fingerprint density at radius 1 is 1.19 bits per heavy atom. The molecule has 0 aliphatic carbocycles. The van der Waals surface area contributed by atoms with E-state index in [-0.39, 0.29) is 0 Å². The molecule has 0 fully saturated rings. The smallest absolute Gasteiger partial charge is 0.209 e. The quantitative estimate of drug-likeness (QED) is 0.599. The molecule has 0 rings (SSSR count). The molecule has 5 nitrogen and oxygen atoms in total. The Kier molecular flexibility index (Phi) is 5.38. The number of sulfonamides is 1. The molecule has 0 saturated carbocycles. The summed E-state index contributed by atoms with van der Waals surface area (Å²) in [6.45, 7) is 8.15. The van der Waals surface area contributed by atoms with Gasteiger partial charge in [0, 0.05) is 18.6 Å². The maximum Gasteiger partial charge on any atom is 0.209 e. The summed E-state index contributed by atoms with van der Waals surface area (Å²) in [4.78, 5) is 0. The third kappa shape index (κ3) is 8.04. The van der Waals surface area contributed by atoms with Crippen LogP contribution in [0.25, 0.3) is 0 Å². The van der Waals surface area contributed by atoms with Crippen LogP contribution in [0, 0.1) is 0 Å². The fourth-order valence-electron chi connectivity index (χ4n) is 1.31. The first-order valence-corrected chi connectivity index (χ1v) is 7.29. The van der Waals surface area contributed by atoms with Crippen LogP contribution in [0.5, 0.6) is 0 Å². The van der Waals surface area contributed by atoms with Gasteiger partial charge in [-0.1, -0.05) is 6.92 Å². The van der Waals surface area contributed by atoms with E-state index in [0.29, 0.717) is 19.5 Å². The first kappa shape index (κ1) is 15.8. The van der Waals surface area contributed by atoms with Crippen molar-refractivity contribution in [3.8, 4) is 0 Å². The van der Waals surface area contributed by atoms with Crippen LogP contribution in [0.15, 0.2) is 0 Å². The molecule has 0 aromatic carbocycles. The molecule has 0 bridgehead atoms. The van der Waals surface area contributed by atoms with E-state index in [0.717, 1.165) is 6.26 Å². The number of nitrogens with one attached hydrogen (secondary N) is 2. The fraction of sp³-hybridized carbons (Fsp3) is 1.00. The Labute approximate surface area is 98.7 Å². The Bertz CT molecular complexity index is 310. The molecule has 16 heavy (non-hydrogen) atoms. The first-order chi connectivity index (χ1) is 6.97. The third-order valence-electron chi connectivity index (χ3n) is 2.30. The van der Waals surface area contributed by atoms with E-state index in [1.165, 1.54) is 0 Å². The summed E-state index contributed by atoms with van der Waals surface area (Å²) in [5, 5.41) is 12.8. The van der Waals surface area contributed by atoms with E-state index in [4.69, 9.17) is 0 Å². The van der Waals surface area contributed by atoms with Gasteiger partial charge in [0.2, 0.25) is 10.0 Å². The molecule has 0 aliphatic rings. The lowest BCUT2D eigenvalue weighted by Gasteiger charge is -2.28. The van der Waals surface area contributed by atoms with Crippen molar-refractivity contribution < 1.29 is 13.5 Å². The van der Waals surface area contributed by atoms with Crippen molar-refractivity contribution in [2.24, 2.45) is 0 Å². The Morgan fingerprint density at radius 2 is 1.69 bits per heavy atom. The Morgan fingerprint density at radius 3 is 2.06 bits per heavy atom. The summed E-state index contributed by atoms with van der Waals surface area (Å²) in [6.07, 6.45) is 1.79. The zero-order valence-corrected chi connectivity index (χ0v) is 11.6. The Hall–Kier alpha value is -0.170. The molecular weight excluding hydrogens is 228 g/mol. The molecular formula is C10H24N2O3S. The van der Waals surface area contributed by atoms with Crippen molar-refractivity contribution in [3.63, 3.8) is 0 Å². The minimum Gasteiger partial charge on any atom is -0.389 e. The molecule has 1 atom stereocenters. The second-order valence-corrected chi connectivity index (χ2v) is 6.96. The predicted molar refractivity (Wildman–Crippen MR) is 65.8 cm³/mol. The van der Waals surface area contributed by atoms with Gasteiger partial charge in [-0.15, -0.1) is 0 Å². The van der Waals surface area contributed by atoms with Crippen molar-refractivity contribution in [1.82, 2.24) is 10.0 Å². The van der Waals surface area contributed by atoms with Crippen LogP contribution in [-0.2, 0) is 10.0 Å². The van der Waals surface area contributed by atoms with Gasteiger partial charge in [0.15, 0.2) is 0 Å². The second kappa shape index (κ2) is 5.44. The van der Waals surface area contributed by atoms with Gasteiger partial charge >= 0.3 is 0 Å². The van der Waals surface area contributed by atoms with Gasteiger partial charge in [-0.05, 0) is 27.2 Å². The van der Waals surface area contributed by atoms with Crippen molar-refractivity contribution >= 4 is 10.0 Å². The van der Waals surface area contributed by atoms with Crippen LogP contribution in [-0.4, -0.2) is 44.0 Å². The average molecular weight is 252 g/mol. The zero-order chi connectivity index (χ0) is 13.0. The van der Waals surface area contributed by atoms with E-state index in [2.05, 4.69) is 10.0 Å².